The smallest absolute Gasteiger partial charge is 0.231 e. The van der Waals surface area contributed by atoms with Crippen LogP contribution in [0.15, 0.2) is 30.6 Å². The molecule has 4 heterocycles. The van der Waals surface area contributed by atoms with Gasteiger partial charge in [-0.3, -0.25) is 9.78 Å². The van der Waals surface area contributed by atoms with Crippen molar-refractivity contribution in [1.82, 2.24) is 20.1 Å². The van der Waals surface area contributed by atoms with Crippen LogP contribution in [0.5, 0.6) is 0 Å². The molecule has 4 rings (SSSR count). The van der Waals surface area contributed by atoms with Gasteiger partial charge in [-0.2, -0.15) is 5.10 Å². The van der Waals surface area contributed by atoms with Crippen LogP contribution in [0.4, 0.5) is 5.82 Å². The van der Waals surface area contributed by atoms with Gasteiger partial charge in [-0.25, -0.2) is 0 Å². The van der Waals surface area contributed by atoms with Crippen LogP contribution in [0.1, 0.15) is 29.7 Å². The zero-order valence-electron chi connectivity index (χ0n) is 14.8. The predicted molar refractivity (Wildman–Crippen MR) is 95.0 cm³/mol. The number of hydrogen-bond donors (Lipinski definition) is 0. The highest BCUT2D eigenvalue weighted by Crippen LogP contribution is 2.42. The molecule has 0 aromatic carbocycles. The molecule has 130 valence electrons. The summed E-state index contributed by atoms with van der Waals surface area (Å²) >= 11 is 0. The molecule has 0 bridgehead atoms. The molecule has 25 heavy (non-hydrogen) atoms. The summed E-state index contributed by atoms with van der Waals surface area (Å²) in [4.78, 5) is 21.6. The molecule has 6 heteroatoms. The molecule has 2 aliphatic heterocycles. The van der Waals surface area contributed by atoms with E-state index in [9.17, 15) is 4.79 Å². The van der Waals surface area contributed by atoms with Crippen LogP contribution in [0.25, 0.3) is 0 Å². The first-order valence-corrected chi connectivity index (χ1v) is 8.82. The largest absolute Gasteiger partial charge is 0.354 e. The average molecular weight is 337 g/mol. The maximum atomic E-state index is 13.1. The van der Waals surface area contributed by atoms with Gasteiger partial charge in [0.1, 0.15) is 0 Å². The fraction of sp³-hybridized carbons (Fsp3) is 0.474. The minimum Gasteiger partial charge on any atom is -0.354 e. The van der Waals surface area contributed by atoms with Gasteiger partial charge in [0.25, 0.3) is 0 Å². The van der Waals surface area contributed by atoms with Gasteiger partial charge in [0.05, 0.1) is 23.9 Å². The summed E-state index contributed by atoms with van der Waals surface area (Å²) in [6.45, 7) is 7.14. The van der Waals surface area contributed by atoms with E-state index in [2.05, 4.69) is 33.9 Å². The Balaban J connectivity index is 1.50. The van der Waals surface area contributed by atoms with Crippen molar-refractivity contribution in [2.75, 3.05) is 24.5 Å². The second-order valence-electron chi connectivity index (χ2n) is 7.23. The van der Waals surface area contributed by atoms with Gasteiger partial charge in [-0.05, 0) is 49.9 Å². The number of amides is 1. The van der Waals surface area contributed by atoms with Crippen molar-refractivity contribution in [3.8, 4) is 0 Å². The Morgan fingerprint density at radius 2 is 2.04 bits per heavy atom. The third kappa shape index (κ3) is 2.75. The summed E-state index contributed by atoms with van der Waals surface area (Å²) in [5, 5.41) is 8.43. The number of carbonyl (C=O) groups is 1. The van der Waals surface area contributed by atoms with Crippen molar-refractivity contribution in [3.63, 3.8) is 0 Å². The fourth-order valence-electron chi connectivity index (χ4n) is 3.98. The lowest BCUT2D eigenvalue weighted by Gasteiger charge is -2.24. The molecule has 0 N–H and O–H groups in total. The highest BCUT2D eigenvalue weighted by molar-refractivity contribution is 5.86. The van der Waals surface area contributed by atoms with Crippen LogP contribution in [0.2, 0.25) is 0 Å². The van der Waals surface area contributed by atoms with E-state index in [1.807, 2.05) is 23.1 Å². The van der Waals surface area contributed by atoms with Crippen molar-refractivity contribution < 1.29 is 4.79 Å². The van der Waals surface area contributed by atoms with Gasteiger partial charge >= 0.3 is 0 Å². The molecule has 1 spiro atoms. The molecule has 0 radical (unpaired) electrons. The lowest BCUT2D eigenvalue weighted by atomic mass is 9.85. The fourth-order valence-corrected chi connectivity index (χ4v) is 3.98. The topological polar surface area (TPSA) is 62.2 Å². The van der Waals surface area contributed by atoms with E-state index in [0.29, 0.717) is 6.54 Å². The number of nitrogens with zero attached hydrogens (tertiary/aromatic N) is 5. The Bertz CT molecular complexity index is 794. The molecule has 0 aliphatic carbocycles. The maximum Gasteiger partial charge on any atom is 0.231 e. The van der Waals surface area contributed by atoms with E-state index in [-0.39, 0.29) is 11.3 Å². The van der Waals surface area contributed by atoms with Gasteiger partial charge in [0.2, 0.25) is 5.91 Å². The van der Waals surface area contributed by atoms with Gasteiger partial charge in [-0.1, -0.05) is 6.07 Å². The molecular formula is C19H23N5O. The SMILES string of the molecule is Cc1cnnc(N2CCC3(CCN(Cc4ccccn4)C3=O)C2)c1C. The summed E-state index contributed by atoms with van der Waals surface area (Å²) in [6, 6.07) is 5.84. The molecular weight excluding hydrogens is 314 g/mol. The van der Waals surface area contributed by atoms with E-state index in [4.69, 9.17) is 0 Å². The lowest BCUT2D eigenvalue weighted by molar-refractivity contribution is -0.135. The third-order valence-corrected chi connectivity index (χ3v) is 5.66. The van der Waals surface area contributed by atoms with E-state index >= 15 is 0 Å². The molecule has 1 atom stereocenters. The molecule has 2 aromatic heterocycles. The van der Waals surface area contributed by atoms with Crippen molar-refractivity contribution >= 4 is 11.7 Å². The van der Waals surface area contributed by atoms with Crippen molar-refractivity contribution in [2.45, 2.75) is 33.2 Å². The summed E-state index contributed by atoms with van der Waals surface area (Å²) < 4.78 is 0. The van der Waals surface area contributed by atoms with Gasteiger partial charge in [0, 0.05) is 25.8 Å². The number of anilines is 1. The second kappa shape index (κ2) is 6.10. The molecule has 1 unspecified atom stereocenters. The van der Waals surface area contributed by atoms with Crippen LogP contribution >= 0.6 is 0 Å². The Hall–Kier alpha value is -2.50. The summed E-state index contributed by atoms with van der Waals surface area (Å²) in [7, 11) is 0. The van der Waals surface area contributed by atoms with Crippen LogP contribution in [0.3, 0.4) is 0 Å². The predicted octanol–water partition coefficient (Wildman–Crippen LogP) is 2.12. The first-order chi connectivity index (χ1) is 12.1. The molecule has 2 aromatic rings. The highest BCUT2D eigenvalue weighted by Gasteiger charge is 2.51. The monoisotopic (exact) mass is 337 g/mol. The van der Waals surface area contributed by atoms with Crippen LogP contribution < -0.4 is 4.90 Å². The molecule has 2 saturated heterocycles. The minimum atomic E-state index is -0.271. The quantitative estimate of drug-likeness (QED) is 0.858. The van der Waals surface area contributed by atoms with Gasteiger partial charge < -0.3 is 9.80 Å². The summed E-state index contributed by atoms with van der Waals surface area (Å²) in [6.07, 6.45) is 5.37. The van der Waals surface area contributed by atoms with Crippen molar-refractivity contribution in [3.05, 3.63) is 47.4 Å². The number of likely N-dealkylation sites (tertiary alicyclic amines) is 1. The Labute approximate surface area is 147 Å². The Morgan fingerprint density at radius 1 is 1.20 bits per heavy atom. The van der Waals surface area contributed by atoms with E-state index in [1.165, 1.54) is 0 Å². The molecule has 1 amide bonds. The molecule has 6 nitrogen and oxygen atoms in total. The van der Waals surface area contributed by atoms with E-state index in [0.717, 1.165) is 55.1 Å². The number of aryl methyl sites for hydroxylation is 1. The third-order valence-electron chi connectivity index (χ3n) is 5.66. The average Bonchev–Trinajstić information content (AvgIpc) is 3.18. The number of pyridine rings is 1. The lowest BCUT2D eigenvalue weighted by Crippen LogP contribution is -2.37. The van der Waals surface area contributed by atoms with E-state index < -0.39 is 0 Å². The van der Waals surface area contributed by atoms with Gasteiger partial charge in [-0.15, -0.1) is 5.10 Å². The Kier molecular flexibility index (Phi) is 3.90. The van der Waals surface area contributed by atoms with E-state index in [1.54, 1.807) is 12.4 Å². The summed E-state index contributed by atoms with van der Waals surface area (Å²) in [5.41, 5.74) is 2.97. The highest BCUT2D eigenvalue weighted by atomic mass is 16.2. The minimum absolute atomic E-state index is 0.263. The molecule has 0 saturated carbocycles. The standard InChI is InChI=1S/C19H23N5O/c1-14-11-21-22-17(15(14)2)24-10-7-19(13-24)6-9-23(18(19)25)12-16-5-3-4-8-20-16/h3-5,8,11H,6-7,9-10,12-13H2,1-2H3. The van der Waals surface area contributed by atoms with Crippen LogP contribution in [-0.4, -0.2) is 45.6 Å². The van der Waals surface area contributed by atoms with Gasteiger partial charge in [0.15, 0.2) is 5.82 Å². The zero-order chi connectivity index (χ0) is 17.4. The first-order valence-electron chi connectivity index (χ1n) is 8.82. The van der Waals surface area contributed by atoms with Crippen LogP contribution in [-0.2, 0) is 11.3 Å². The molecule has 2 aliphatic rings. The Morgan fingerprint density at radius 3 is 2.84 bits per heavy atom. The van der Waals surface area contributed by atoms with Crippen molar-refractivity contribution in [2.24, 2.45) is 5.41 Å². The normalized spacial score (nSPS) is 23.0. The number of hydrogen-bond acceptors (Lipinski definition) is 5. The summed E-state index contributed by atoms with van der Waals surface area (Å²) in [5.74, 6) is 1.19. The number of aromatic nitrogens is 3. The molecule has 2 fully saturated rings. The maximum absolute atomic E-state index is 13.1. The zero-order valence-corrected chi connectivity index (χ0v) is 14.8. The second-order valence-corrected chi connectivity index (χ2v) is 7.23. The van der Waals surface area contributed by atoms with Crippen LogP contribution in [0, 0.1) is 19.3 Å². The first kappa shape index (κ1) is 16.0. The number of carbonyl (C=O) groups excluding carboxylic acids is 1. The van der Waals surface area contributed by atoms with Crippen molar-refractivity contribution in [1.29, 1.82) is 0 Å². The number of rotatable bonds is 3.